The van der Waals surface area contributed by atoms with E-state index < -0.39 is 6.10 Å². The molecule has 1 unspecified atom stereocenters. The van der Waals surface area contributed by atoms with Crippen molar-refractivity contribution in [2.45, 2.75) is 25.6 Å². The molecule has 0 radical (unpaired) electrons. The number of aliphatic hydroxyl groups is 1. The highest BCUT2D eigenvalue weighted by Crippen LogP contribution is 2.38. The normalized spacial score (nSPS) is 11.9. The number of aliphatic hydroxyl groups excluding tert-OH is 1. The summed E-state index contributed by atoms with van der Waals surface area (Å²) < 4.78 is 16.5. The first-order valence-corrected chi connectivity index (χ1v) is 10.9. The monoisotopic (exact) mass is 455 g/mol. The summed E-state index contributed by atoms with van der Waals surface area (Å²) in [7, 11) is 4.83. The van der Waals surface area contributed by atoms with Crippen molar-refractivity contribution >= 4 is 11.6 Å². The van der Waals surface area contributed by atoms with Gasteiger partial charge in [-0.3, -0.25) is 4.90 Å². The highest BCUT2D eigenvalue weighted by molar-refractivity contribution is 6.30. The first-order valence-electron chi connectivity index (χ1n) is 10.5. The minimum Gasteiger partial charge on any atom is -0.493 e. The van der Waals surface area contributed by atoms with E-state index in [-0.39, 0.29) is 0 Å². The largest absolute Gasteiger partial charge is 0.493 e. The van der Waals surface area contributed by atoms with E-state index in [0.29, 0.717) is 41.8 Å². The van der Waals surface area contributed by atoms with Crippen LogP contribution in [0.4, 0.5) is 0 Å². The molecule has 3 rings (SSSR count). The van der Waals surface area contributed by atoms with Crippen LogP contribution in [0.3, 0.4) is 0 Å². The van der Waals surface area contributed by atoms with Crippen molar-refractivity contribution in [2.75, 3.05) is 27.9 Å². The molecule has 0 amide bonds. The summed E-state index contributed by atoms with van der Waals surface area (Å²) in [6, 6.07) is 21.6. The third-order valence-electron chi connectivity index (χ3n) is 5.35. The lowest BCUT2D eigenvalue weighted by molar-refractivity contribution is 0.137. The number of halogens is 1. The smallest absolute Gasteiger partial charge is 0.203 e. The van der Waals surface area contributed by atoms with Gasteiger partial charge in [-0.2, -0.15) is 0 Å². The van der Waals surface area contributed by atoms with Crippen LogP contribution in [0.5, 0.6) is 17.2 Å². The summed E-state index contributed by atoms with van der Waals surface area (Å²) in [6.07, 6.45) is 0.0318. The van der Waals surface area contributed by atoms with Gasteiger partial charge in [-0.25, -0.2) is 0 Å². The van der Waals surface area contributed by atoms with Crippen LogP contribution in [0.25, 0.3) is 0 Å². The van der Waals surface area contributed by atoms with Gasteiger partial charge >= 0.3 is 0 Å². The lowest BCUT2D eigenvalue weighted by atomic mass is 10.1. The molecule has 170 valence electrons. The Hall–Kier alpha value is -2.73. The van der Waals surface area contributed by atoms with Crippen molar-refractivity contribution in [2.24, 2.45) is 0 Å². The van der Waals surface area contributed by atoms with Crippen molar-refractivity contribution in [3.05, 3.63) is 88.4 Å². The maximum absolute atomic E-state index is 10.7. The third-order valence-corrected chi connectivity index (χ3v) is 5.61. The molecule has 0 aliphatic carbocycles. The molecule has 0 spiro atoms. The van der Waals surface area contributed by atoms with Crippen molar-refractivity contribution in [3.63, 3.8) is 0 Å². The van der Waals surface area contributed by atoms with Gasteiger partial charge in [0.2, 0.25) is 5.75 Å². The summed E-state index contributed by atoms with van der Waals surface area (Å²) in [6.45, 7) is 2.12. The maximum atomic E-state index is 10.7. The van der Waals surface area contributed by atoms with Gasteiger partial charge < -0.3 is 19.3 Å². The second-order valence-corrected chi connectivity index (χ2v) is 8.02. The lowest BCUT2D eigenvalue weighted by Crippen LogP contribution is -2.25. The Balaban J connectivity index is 1.79. The molecule has 32 heavy (non-hydrogen) atoms. The van der Waals surface area contributed by atoms with Gasteiger partial charge in [0, 0.05) is 24.7 Å². The van der Waals surface area contributed by atoms with E-state index in [0.717, 1.165) is 17.7 Å². The molecule has 1 N–H and O–H groups in total. The molecule has 3 aromatic carbocycles. The maximum Gasteiger partial charge on any atom is 0.203 e. The average Bonchev–Trinajstić information content (AvgIpc) is 2.82. The highest BCUT2D eigenvalue weighted by Gasteiger charge is 2.17. The minimum atomic E-state index is -0.564. The van der Waals surface area contributed by atoms with Crippen molar-refractivity contribution in [1.82, 2.24) is 4.90 Å². The Kier molecular flexibility index (Phi) is 8.80. The predicted octanol–water partition coefficient (Wildman–Crippen LogP) is 5.49. The van der Waals surface area contributed by atoms with Gasteiger partial charge in [-0.1, -0.05) is 54.1 Å². The molecule has 0 aliphatic rings. The van der Waals surface area contributed by atoms with E-state index in [2.05, 4.69) is 17.0 Å². The zero-order valence-corrected chi connectivity index (χ0v) is 19.5. The van der Waals surface area contributed by atoms with Crippen LogP contribution >= 0.6 is 11.6 Å². The number of benzene rings is 3. The Morgan fingerprint density at radius 3 is 1.97 bits per heavy atom. The van der Waals surface area contributed by atoms with E-state index in [9.17, 15) is 5.11 Å². The van der Waals surface area contributed by atoms with Crippen LogP contribution < -0.4 is 14.2 Å². The number of hydrogen-bond acceptors (Lipinski definition) is 5. The summed E-state index contributed by atoms with van der Waals surface area (Å²) in [4.78, 5) is 2.30. The minimum absolute atomic E-state index is 0.564. The molecule has 0 saturated heterocycles. The highest BCUT2D eigenvalue weighted by atomic mass is 35.5. The molecule has 1 atom stereocenters. The van der Waals surface area contributed by atoms with Crippen LogP contribution in [0.2, 0.25) is 5.02 Å². The fraction of sp³-hybridized carbons (Fsp3) is 0.308. The molecule has 0 heterocycles. The molecule has 5 nitrogen and oxygen atoms in total. The zero-order chi connectivity index (χ0) is 22.9. The lowest BCUT2D eigenvalue weighted by Gasteiger charge is -2.25. The second kappa shape index (κ2) is 11.8. The summed E-state index contributed by atoms with van der Waals surface area (Å²) in [5.41, 5.74) is 3.11. The SMILES string of the molecule is COc1cc(CN(CCC(O)c2ccc(Cl)cc2)Cc2ccccc2)cc(OC)c1OC. The van der Waals surface area contributed by atoms with E-state index in [1.54, 1.807) is 33.5 Å². The fourth-order valence-electron chi connectivity index (χ4n) is 3.70. The first-order chi connectivity index (χ1) is 15.5. The van der Waals surface area contributed by atoms with Gasteiger partial charge in [0.05, 0.1) is 27.4 Å². The summed E-state index contributed by atoms with van der Waals surface area (Å²) >= 11 is 5.98. The van der Waals surface area contributed by atoms with E-state index in [1.807, 2.05) is 42.5 Å². The van der Waals surface area contributed by atoms with Crippen LogP contribution in [-0.4, -0.2) is 37.9 Å². The number of ether oxygens (including phenoxy) is 3. The Labute approximate surface area is 195 Å². The summed E-state index contributed by atoms with van der Waals surface area (Å²) in [5, 5.41) is 11.4. The van der Waals surface area contributed by atoms with Crippen LogP contribution in [0.15, 0.2) is 66.7 Å². The van der Waals surface area contributed by atoms with E-state index in [1.165, 1.54) is 5.56 Å². The molecule has 0 fully saturated rings. The number of hydrogen-bond donors (Lipinski definition) is 1. The molecule has 0 bridgehead atoms. The van der Waals surface area contributed by atoms with Gasteiger partial charge in [-0.05, 0) is 47.4 Å². The van der Waals surface area contributed by atoms with Crippen LogP contribution in [0, 0.1) is 0 Å². The van der Waals surface area contributed by atoms with Gasteiger partial charge in [0.25, 0.3) is 0 Å². The molecular formula is C26H30ClNO4. The molecule has 0 saturated carbocycles. The second-order valence-electron chi connectivity index (χ2n) is 7.59. The Bertz CT molecular complexity index is 954. The van der Waals surface area contributed by atoms with Gasteiger partial charge in [0.15, 0.2) is 11.5 Å². The number of nitrogens with zero attached hydrogens (tertiary/aromatic N) is 1. The predicted molar refractivity (Wildman–Crippen MR) is 128 cm³/mol. The standard InChI is InChI=1S/C26H30ClNO4/c1-30-24-15-20(16-25(31-2)26(24)32-3)18-28(17-19-7-5-4-6-8-19)14-13-23(29)21-9-11-22(27)12-10-21/h4-12,15-16,23,29H,13-14,17-18H2,1-3H3. The molecule has 0 aromatic heterocycles. The van der Waals surface area contributed by atoms with Crippen molar-refractivity contribution < 1.29 is 19.3 Å². The zero-order valence-electron chi connectivity index (χ0n) is 18.8. The van der Waals surface area contributed by atoms with E-state index in [4.69, 9.17) is 25.8 Å². The van der Waals surface area contributed by atoms with Gasteiger partial charge in [0.1, 0.15) is 0 Å². The molecule has 6 heteroatoms. The molecule has 0 aliphatic heterocycles. The van der Waals surface area contributed by atoms with Gasteiger partial charge in [-0.15, -0.1) is 0 Å². The Morgan fingerprint density at radius 1 is 0.812 bits per heavy atom. The number of methoxy groups -OCH3 is 3. The van der Waals surface area contributed by atoms with Crippen molar-refractivity contribution in [3.8, 4) is 17.2 Å². The first kappa shape index (κ1) is 23.9. The van der Waals surface area contributed by atoms with Crippen LogP contribution in [0.1, 0.15) is 29.2 Å². The quantitative estimate of drug-likeness (QED) is 0.414. The molecular weight excluding hydrogens is 426 g/mol. The average molecular weight is 456 g/mol. The fourth-order valence-corrected chi connectivity index (χ4v) is 3.82. The number of rotatable bonds is 11. The van der Waals surface area contributed by atoms with Crippen LogP contribution in [-0.2, 0) is 13.1 Å². The molecule has 3 aromatic rings. The summed E-state index contributed by atoms with van der Waals surface area (Å²) in [5.74, 6) is 1.83. The Morgan fingerprint density at radius 2 is 1.41 bits per heavy atom. The van der Waals surface area contributed by atoms with E-state index >= 15 is 0 Å². The van der Waals surface area contributed by atoms with Crippen molar-refractivity contribution in [1.29, 1.82) is 0 Å². The third kappa shape index (κ3) is 6.39. The topological polar surface area (TPSA) is 51.2 Å².